The summed E-state index contributed by atoms with van der Waals surface area (Å²) in [5.74, 6) is -0.184. The summed E-state index contributed by atoms with van der Waals surface area (Å²) in [6.07, 6.45) is 1.46. The minimum Gasteiger partial charge on any atom is -0.301 e. The summed E-state index contributed by atoms with van der Waals surface area (Å²) in [6, 6.07) is 11.5. The fourth-order valence-corrected chi connectivity index (χ4v) is 4.62. The molecule has 4 nitrogen and oxygen atoms in total. The normalized spacial score (nSPS) is 20.7. The van der Waals surface area contributed by atoms with Crippen LogP contribution in [0, 0.1) is 0 Å². The molecule has 2 aromatic rings. The average Bonchev–Trinajstić information content (AvgIpc) is 2.62. The first kappa shape index (κ1) is 18.5. The lowest BCUT2D eigenvalue weighted by Crippen LogP contribution is -2.40. The van der Waals surface area contributed by atoms with Gasteiger partial charge in [0, 0.05) is 41.9 Å². The van der Waals surface area contributed by atoms with E-state index in [-0.39, 0.29) is 17.7 Å². The summed E-state index contributed by atoms with van der Waals surface area (Å²) in [5, 5.41) is 1.29. The van der Waals surface area contributed by atoms with Crippen LogP contribution >= 0.6 is 23.2 Å². The number of hydrogen-bond donors (Lipinski definition) is 0. The second-order valence-electron chi connectivity index (χ2n) is 7.28. The van der Waals surface area contributed by atoms with E-state index in [1.165, 1.54) is 4.90 Å². The molecule has 2 aliphatic rings. The predicted octanol–water partition coefficient (Wildman–Crippen LogP) is 4.61. The van der Waals surface area contributed by atoms with Crippen molar-refractivity contribution in [2.24, 2.45) is 0 Å². The Balaban J connectivity index is 1.77. The third kappa shape index (κ3) is 3.49. The van der Waals surface area contributed by atoms with Crippen LogP contribution in [-0.2, 0) is 16.1 Å². The molecule has 0 aromatic heterocycles. The van der Waals surface area contributed by atoms with Gasteiger partial charge in [-0.1, -0.05) is 35.3 Å². The van der Waals surface area contributed by atoms with Gasteiger partial charge in [0.25, 0.3) is 0 Å². The third-order valence-corrected chi connectivity index (χ3v) is 5.86. The van der Waals surface area contributed by atoms with Crippen molar-refractivity contribution < 1.29 is 9.59 Å². The second-order valence-corrected chi connectivity index (χ2v) is 8.12. The quantitative estimate of drug-likeness (QED) is 0.688. The van der Waals surface area contributed by atoms with E-state index in [4.69, 9.17) is 23.2 Å². The van der Waals surface area contributed by atoms with Crippen LogP contribution in [-0.4, -0.2) is 30.3 Å². The molecule has 0 aliphatic carbocycles. The van der Waals surface area contributed by atoms with E-state index in [0.29, 0.717) is 35.0 Å². The number of fused-ring (bicyclic) bond motifs is 1. The number of halogens is 2. The standard InChI is InChI=1S/C21H20Cl2N2O2/c1-24-11-17(16-9-14(22)10-19(23)18(16)12-24)13-4-2-5-15(8-13)25-20(26)6-3-7-21(25)27/h2,4-5,8-10,17H,3,6-7,11-12H2,1H3/t17-/m0/s1. The Morgan fingerprint density at radius 1 is 1.04 bits per heavy atom. The number of rotatable bonds is 2. The molecule has 0 spiro atoms. The molecular weight excluding hydrogens is 383 g/mol. The van der Waals surface area contributed by atoms with E-state index in [0.717, 1.165) is 29.8 Å². The number of carbonyl (C=O) groups excluding carboxylic acids is 2. The van der Waals surface area contributed by atoms with Crippen molar-refractivity contribution in [2.75, 3.05) is 18.5 Å². The minimum absolute atomic E-state index is 0.0740. The molecule has 2 heterocycles. The molecule has 0 bridgehead atoms. The van der Waals surface area contributed by atoms with Crippen molar-refractivity contribution in [1.29, 1.82) is 0 Å². The molecule has 2 aromatic carbocycles. The van der Waals surface area contributed by atoms with E-state index < -0.39 is 0 Å². The van der Waals surface area contributed by atoms with Gasteiger partial charge in [0.2, 0.25) is 11.8 Å². The second kappa shape index (κ2) is 7.27. The first-order chi connectivity index (χ1) is 12.9. The molecule has 1 saturated heterocycles. The Bertz CT molecular complexity index is 912. The van der Waals surface area contributed by atoms with Crippen molar-refractivity contribution in [2.45, 2.75) is 31.7 Å². The molecule has 0 radical (unpaired) electrons. The van der Waals surface area contributed by atoms with E-state index in [2.05, 4.69) is 11.9 Å². The SMILES string of the molecule is CN1Cc2c(Cl)cc(Cl)cc2[C@H](c2cccc(N3C(=O)CCCC3=O)c2)C1. The Morgan fingerprint density at radius 3 is 2.52 bits per heavy atom. The zero-order valence-electron chi connectivity index (χ0n) is 15.0. The topological polar surface area (TPSA) is 40.6 Å². The number of benzene rings is 2. The van der Waals surface area contributed by atoms with E-state index in [9.17, 15) is 9.59 Å². The monoisotopic (exact) mass is 402 g/mol. The molecule has 0 saturated carbocycles. The molecule has 0 unspecified atom stereocenters. The summed E-state index contributed by atoms with van der Waals surface area (Å²) in [4.78, 5) is 28.1. The average molecular weight is 403 g/mol. The Hall–Kier alpha value is -1.88. The summed E-state index contributed by atoms with van der Waals surface area (Å²) in [7, 11) is 2.06. The molecule has 4 rings (SSSR count). The molecule has 140 valence electrons. The van der Waals surface area contributed by atoms with Gasteiger partial charge in [0.15, 0.2) is 0 Å². The van der Waals surface area contributed by atoms with Gasteiger partial charge < -0.3 is 4.90 Å². The van der Waals surface area contributed by atoms with Crippen molar-refractivity contribution >= 4 is 40.7 Å². The molecule has 1 atom stereocenters. The summed E-state index contributed by atoms with van der Waals surface area (Å²) >= 11 is 12.7. The molecule has 1 fully saturated rings. The molecule has 6 heteroatoms. The molecule has 0 N–H and O–H groups in total. The van der Waals surface area contributed by atoms with Crippen LogP contribution in [0.2, 0.25) is 10.0 Å². The van der Waals surface area contributed by atoms with E-state index in [1.807, 2.05) is 30.3 Å². The van der Waals surface area contributed by atoms with Crippen molar-refractivity contribution in [1.82, 2.24) is 4.90 Å². The largest absolute Gasteiger partial charge is 0.301 e. The van der Waals surface area contributed by atoms with Crippen LogP contribution in [0.15, 0.2) is 36.4 Å². The van der Waals surface area contributed by atoms with Gasteiger partial charge in [-0.15, -0.1) is 0 Å². The van der Waals surface area contributed by atoms with Crippen LogP contribution in [0.3, 0.4) is 0 Å². The molecule has 2 amide bonds. The highest BCUT2D eigenvalue weighted by atomic mass is 35.5. The predicted molar refractivity (Wildman–Crippen MR) is 107 cm³/mol. The number of amides is 2. The third-order valence-electron chi connectivity index (χ3n) is 5.30. The Morgan fingerprint density at radius 2 is 1.78 bits per heavy atom. The Labute approximate surface area is 168 Å². The van der Waals surface area contributed by atoms with Crippen LogP contribution in [0.25, 0.3) is 0 Å². The zero-order chi connectivity index (χ0) is 19.1. The van der Waals surface area contributed by atoms with Gasteiger partial charge in [0.05, 0.1) is 5.69 Å². The highest BCUT2D eigenvalue weighted by Crippen LogP contribution is 2.39. The number of anilines is 1. The summed E-state index contributed by atoms with van der Waals surface area (Å²) in [5.41, 5.74) is 3.88. The highest BCUT2D eigenvalue weighted by molar-refractivity contribution is 6.35. The number of imide groups is 1. The number of nitrogens with zero attached hydrogens (tertiary/aromatic N) is 2. The first-order valence-electron chi connectivity index (χ1n) is 9.06. The van der Waals surface area contributed by atoms with Crippen LogP contribution in [0.5, 0.6) is 0 Å². The summed E-state index contributed by atoms with van der Waals surface area (Å²) < 4.78 is 0. The molecule has 2 aliphatic heterocycles. The number of carbonyl (C=O) groups is 2. The van der Waals surface area contributed by atoms with E-state index in [1.54, 1.807) is 6.07 Å². The smallest absolute Gasteiger partial charge is 0.233 e. The van der Waals surface area contributed by atoms with Crippen LogP contribution in [0.1, 0.15) is 41.9 Å². The van der Waals surface area contributed by atoms with Crippen LogP contribution in [0.4, 0.5) is 5.69 Å². The fraction of sp³-hybridized carbons (Fsp3) is 0.333. The van der Waals surface area contributed by atoms with Gasteiger partial charge in [-0.05, 0) is 54.4 Å². The van der Waals surface area contributed by atoms with Gasteiger partial charge >= 0.3 is 0 Å². The van der Waals surface area contributed by atoms with Gasteiger partial charge in [-0.25, -0.2) is 0 Å². The number of piperidine rings is 1. The van der Waals surface area contributed by atoms with E-state index >= 15 is 0 Å². The first-order valence-corrected chi connectivity index (χ1v) is 9.81. The maximum absolute atomic E-state index is 12.3. The summed E-state index contributed by atoms with van der Waals surface area (Å²) in [6.45, 7) is 1.58. The maximum Gasteiger partial charge on any atom is 0.233 e. The molecule has 27 heavy (non-hydrogen) atoms. The highest BCUT2D eigenvalue weighted by Gasteiger charge is 2.30. The van der Waals surface area contributed by atoms with Crippen molar-refractivity contribution in [3.05, 3.63) is 63.1 Å². The molecular formula is C21H20Cl2N2O2. The lowest BCUT2D eigenvalue weighted by molar-refractivity contribution is -0.129. The lowest BCUT2D eigenvalue weighted by atomic mass is 9.84. The fourth-order valence-electron chi connectivity index (χ4n) is 4.05. The minimum atomic E-state index is -0.129. The van der Waals surface area contributed by atoms with Gasteiger partial charge in [0.1, 0.15) is 0 Å². The van der Waals surface area contributed by atoms with Gasteiger partial charge in [-0.3, -0.25) is 14.5 Å². The number of likely N-dealkylation sites (N-methyl/N-ethyl adjacent to an activating group) is 1. The van der Waals surface area contributed by atoms with Crippen molar-refractivity contribution in [3.8, 4) is 0 Å². The van der Waals surface area contributed by atoms with Crippen molar-refractivity contribution in [3.63, 3.8) is 0 Å². The number of hydrogen-bond acceptors (Lipinski definition) is 3. The zero-order valence-corrected chi connectivity index (χ0v) is 16.6. The van der Waals surface area contributed by atoms with Crippen LogP contribution < -0.4 is 4.90 Å². The Kier molecular flexibility index (Phi) is 4.97. The maximum atomic E-state index is 12.3. The van der Waals surface area contributed by atoms with Gasteiger partial charge in [-0.2, -0.15) is 0 Å². The lowest BCUT2D eigenvalue weighted by Gasteiger charge is -2.34.